The van der Waals surface area contributed by atoms with Crippen LogP contribution in [-0.4, -0.2) is 64.4 Å². The smallest absolute Gasteiger partial charge is 0.191 e. The second-order valence-electron chi connectivity index (χ2n) is 7.12. The van der Waals surface area contributed by atoms with E-state index < -0.39 is 0 Å². The number of ether oxygens (including phenoxy) is 2. The average molecular weight is 377 g/mol. The van der Waals surface area contributed by atoms with Gasteiger partial charge in [-0.2, -0.15) is 0 Å². The second-order valence-corrected chi connectivity index (χ2v) is 7.12. The molecule has 0 radical (unpaired) electrons. The maximum Gasteiger partial charge on any atom is 0.191 e. The summed E-state index contributed by atoms with van der Waals surface area (Å²) in [5.74, 6) is 2.48. The van der Waals surface area contributed by atoms with E-state index in [0.717, 1.165) is 50.4 Å². The number of rotatable bonds is 10. The van der Waals surface area contributed by atoms with Gasteiger partial charge in [-0.15, -0.1) is 0 Å². The zero-order valence-electron chi connectivity index (χ0n) is 17.2. The van der Waals surface area contributed by atoms with E-state index in [4.69, 9.17) is 14.5 Å². The van der Waals surface area contributed by atoms with Gasteiger partial charge in [-0.05, 0) is 69.9 Å². The van der Waals surface area contributed by atoms with Crippen LogP contribution < -0.4 is 15.4 Å². The van der Waals surface area contributed by atoms with Crippen molar-refractivity contribution in [3.8, 4) is 5.75 Å². The van der Waals surface area contributed by atoms with Crippen LogP contribution in [0.3, 0.4) is 0 Å². The standard InChI is InChI=1S/C21H36N4O2/c1-4-27-15-5-12-22-21(24-17-19-10-13-25(2)14-11-19)23-16-18-6-8-20(26-3)9-7-18/h6-9,19H,4-5,10-17H2,1-3H3,(H2,22,23,24). The molecule has 1 aliphatic heterocycles. The van der Waals surface area contributed by atoms with E-state index >= 15 is 0 Å². The zero-order chi connectivity index (χ0) is 19.3. The normalized spacial score (nSPS) is 16.3. The van der Waals surface area contributed by atoms with E-state index in [2.05, 4.69) is 34.7 Å². The molecule has 6 nitrogen and oxygen atoms in total. The average Bonchev–Trinajstić information content (AvgIpc) is 2.71. The van der Waals surface area contributed by atoms with E-state index in [-0.39, 0.29) is 0 Å². The van der Waals surface area contributed by atoms with Gasteiger partial charge in [0.15, 0.2) is 5.96 Å². The van der Waals surface area contributed by atoms with Crippen LogP contribution in [0, 0.1) is 5.92 Å². The third-order valence-electron chi connectivity index (χ3n) is 4.94. The van der Waals surface area contributed by atoms with E-state index in [1.54, 1.807) is 7.11 Å². The van der Waals surface area contributed by atoms with Gasteiger partial charge >= 0.3 is 0 Å². The first kappa shape index (κ1) is 21.5. The highest BCUT2D eigenvalue weighted by atomic mass is 16.5. The molecule has 0 unspecified atom stereocenters. The quantitative estimate of drug-likeness (QED) is 0.373. The predicted molar refractivity (Wildman–Crippen MR) is 111 cm³/mol. The van der Waals surface area contributed by atoms with Gasteiger partial charge in [0.05, 0.1) is 13.7 Å². The first-order valence-electron chi connectivity index (χ1n) is 10.1. The number of piperidine rings is 1. The summed E-state index contributed by atoms with van der Waals surface area (Å²) in [5, 5.41) is 6.99. The fraction of sp³-hybridized carbons (Fsp3) is 0.667. The van der Waals surface area contributed by atoms with Crippen LogP contribution in [0.4, 0.5) is 0 Å². The van der Waals surface area contributed by atoms with Crippen molar-refractivity contribution >= 4 is 5.96 Å². The monoisotopic (exact) mass is 376 g/mol. The lowest BCUT2D eigenvalue weighted by Gasteiger charge is -2.29. The van der Waals surface area contributed by atoms with Crippen LogP contribution in [0.2, 0.25) is 0 Å². The van der Waals surface area contributed by atoms with E-state index in [1.807, 2.05) is 19.1 Å². The first-order chi connectivity index (χ1) is 13.2. The molecular formula is C21H36N4O2. The molecule has 2 N–H and O–H groups in total. The lowest BCUT2D eigenvalue weighted by atomic mass is 9.97. The van der Waals surface area contributed by atoms with Gasteiger partial charge in [0.25, 0.3) is 0 Å². The minimum atomic E-state index is 0.651. The van der Waals surface area contributed by atoms with Gasteiger partial charge in [-0.1, -0.05) is 12.1 Å². The molecule has 1 fully saturated rings. The van der Waals surface area contributed by atoms with Gasteiger partial charge in [0.1, 0.15) is 5.75 Å². The molecule has 0 aliphatic carbocycles. The van der Waals surface area contributed by atoms with Crippen LogP contribution in [0.25, 0.3) is 0 Å². The molecule has 0 amide bonds. The number of hydrogen-bond acceptors (Lipinski definition) is 4. The number of guanidine groups is 1. The molecule has 1 aliphatic rings. The molecule has 152 valence electrons. The fourth-order valence-electron chi connectivity index (χ4n) is 3.11. The SMILES string of the molecule is CCOCCCNC(=NCc1ccc(OC)cc1)NCC1CCN(C)CC1. The summed E-state index contributed by atoms with van der Waals surface area (Å²) in [7, 11) is 3.88. The van der Waals surface area contributed by atoms with E-state index in [1.165, 1.54) is 31.5 Å². The first-order valence-corrected chi connectivity index (χ1v) is 10.1. The third-order valence-corrected chi connectivity index (χ3v) is 4.94. The summed E-state index contributed by atoms with van der Waals surface area (Å²) in [6, 6.07) is 8.08. The van der Waals surface area contributed by atoms with Gasteiger partial charge in [-0.25, -0.2) is 4.99 Å². The summed E-state index contributed by atoms with van der Waals surface area (Å²) in [6.07, 6.45) is 3.48. The molecule has 6 heteroatoms. The van der Waals surface area contributed by atoms with Crippen molar-refractivity contribution in [1.82, 2.24) is 15.5 Å². The van der Waals surface area contributed by atoms with Crippen LogP contribution >= 0.6 is 0 Å². The van der Waals surface area contributed by atoms with Crippen molar-refractivity contribution in [3.05, 3.63) is 29.8 Å². The number of aliphatic imine (C=N–C) groups is 1. The maximum atomic E-state index is 5.41. The fourth-order valence-corrected chi connectivity index (χ4v) is 3.11. The second kappa shape index (κ2) is 12.6. The lowest BCUT2D eigenvalue weighted by molar-refractivity contribution is 0.145. The molecule has 27 heavy (non-hydrogen) atoms. The highest BCUT2D eigenvalue weighted by molar-refractivity contribution is 5.79. The Balaban J connectivity index is 1.84. The van der Waals surface area contributed by atoms with Crippen molar-refractivity contribution in [3.63, 3.8) is 0 Å². The molecule has 1 aromatic rings. The highest BCUT2D eigenvalue weighted by Crippen LogP contribution is 2.15. The van der Waals surface area contributed by atoms with Gasteiger partial charge < -0.3 is 25.0 Å². The van der Waals surface area contributed by atoms with Crippen molar-refractivity contribution < 1.29 is 9.47 Å². The van der Waals surface area contributed by atoms with Crippen molar-refractivity contribution in [2.75, 3.05) is 53.6 Å². The van der Waals surface area contributed by atoms with Crippen LogP contribution in [0.5, 0.6) is 5.75 Å². The number of nitrogens with zero attached hydrogens (tertiary/aromatic N) is 2. The molecule has 0 spiro atoms. The Labute approximate surface area is 164 Å². The van der Waals surface area contributed by atoms with Crippen LogP contribution in [-0.2, 0) is 11.3 Å². The van der Waals surface area contributed by atoms with Gasteiger partial charge in [-0.3, -0.25) is 0 Å². The minimum Gasteiger partial charge on any atom is -0.497 e. The largest absolute Gasteiger partial charge is 0.497 e. The minimum absolute atomic E-state index is 0.651. The van der Waals surface area contributed by atoms with Crippen LogP contribution in [0.15, 0.2) is 29.3 Å². The summed E-state index contributed by atoms with van der Waals surface area (Å²) in [5.41, 5.74) is 1.17. The van der Waals surface area contributed by atoms with E-state index in [9.17, 15) is 0 Å². The van der Waals surface area contributed by atoms with Gasteiger partial charge in [0.2, 0.25) is 0 Å². The summed E-state index contributed by atoms with van der Waals surface area (Å²) < 4.78 is 10.6. The summed E-state index contributed by atoms with van der Waals surface area (Å²) >= 11 is 0. The lowest BCUT2D eigenvalue weighted by Crippen LogP contribution is -2.42. The number of nitrogens with one attached hydrogen (secondary N) is 2. The summed E-state index contributed by atoms with van der Waals surface area (Å²) in [6.45, 7) is 8.45. The Morgan fingerprint density at radius 3 is 2.59 bits per heavy atom. The zero-order valence-corrected chi connectivity index (χ0v) is 17.2. The summed E-state index contributed by atoms with van der Waals surface area (Å²) in [4.78, 5) is 7.17. The van der Waals surface area contributed by atoms with E-state index in [0.29, 0.717) is 6.54 Å². The van der Waals surface area contributed by atoms with Gasteiger partial charge in [0, 0.05) is 26.3 Å². The molecule has 0 saturated carbocycles. The molecule has 1 heterocycles. The Kier molecular flexibility index (Phi) is 10.0. The molecule has 1 saturated heterocycles. The number of benzene rings is 1. The predicted octanol–water partition coefficient (Wildman–Crippen LogP) is 2.50. The Morgan fingerprint density at radius 1 is 1.19 bits per heavy atom. The topological polar surface area (TPSA) is 58.1 Å². The third kappa shape index (κ3) is 8.63. The van der Waals surface area contributed by atoms with Crippen LogP contribution in [0.1, 0.15) is 31.7 Å². The molecule has 0 aromatic heterocycles. The van der Waals surface area contributed by atoms with Crippen molar-refractivity contribution in [2.24, 2.45) is 10.9 Å². The molecule has 0 bridgehead atoms. The Bertz CT molecular complexity index is 540. The number of likely N-dealkylation sites (tertiary alicyclic amines) is 1. The molecule has 0 atom stereocenters. The number of methoxy groups -OCH3 is 1. The molecule has 1 aromatic carbocycles. The number of hydrogen-bond donors (Lipinski definition) is 2. The Morgan fingerprint density at radius 2 is 1.93 bits per heavy atom. The Hall–Kier alpha value is -1.79. The van der Waals surface area contributed by atoms with Crippen molar-refractivity contribution in [2.45, 2.75) is 32.7 Å². The molecular weight excluding hydrogens is 340 g/mol. The maximum absolute atomic E-state index is 5.41. The molecule has 2 rings (SSSR count). The highest BCUT2D eigenvalue weighted by Gasteiger charge is 2.16. The van der Waals surface area contributed by atoms with Crippen molar-refractivity contribution in [1.29, 1.82) is 0 Å².